The maximum Gasteiger partial charge on any atom is 0.331 e. The van der Waals surface area contributed by atoms with Crippen LogP contribution in [0.4, 0.5) is 0 Å². The van der Waals surface area contributed by atoms with Crippen LogP contribution >= 0.6 is 0 Å². The summed E-state index contributed by atoms with van der Waals surface area (Å²) < 4.78 is 11.6. The van der Waals surface area contributed by atoms with Gasteiger partial charge < -0.3 is 9.47 Å². The molecule has 0 unspecified atom stereocenters. The van der Waals surface area contributed by atoms with Crippen LogP contribution in [0.1, 0.15) is 67.7 Å². The minimum absolute atomic E-state index is 0.0809. The Balaban J connectivity index is 2.41. The average molecular weight is 431 g/mol. The summed E-state index contributed by atoms with van der Waals surface area (Å²) in [7, 11) is 0. The number of carbonyl (C=O) groups is 3. The molecule has 2 fully saturated rings. The molecule has 6 atom stereocenters. The molecule has 0 aromatic rings. The maximum atomic E-state index is 13.3. The molecular weight excluding hydrogens is 392 g/mol. The number of carbonyl (C=O) groups excluding carboxylic acids is 3. The monoisotopic (exact) mass is 430 g/mol. The van der Waals surface area contributed by atoms with E-state index in [1.807, 2.05) is 33.8 Å². The summed E-state index contributed by atoms with van der Waals surface area (Å²) in [6.45, 7) is 17.9. The standard InChI is InChI=1S/C26H38O5/c1-9-15(6)12-21(27)30-20-13-19(14(4)5)23-18(11-3)24(28)25(22(23)17(20)8)31-26(29)16(7)10-2/h11-12,14,16,19-20,22-23,25H,8-10,13H2,1-7H3/b15-12+,18-11+/t16-,19+,20-,22+,23+,25+/m1/s1. The van der Waals surface area contributed by atoms with Crippen molar-refractivity contribution in [3.8, 4) is 0 Å². The van der Waals surface area contributed by atoms with Crippen molar-refractivity contribution in [2.24, 2.45) is 29.6 Å². The van der Waals surface area contributed by atoms with Crippen molar-refractivity contribution < 1.29 is 23.9 Å². The Morgan fingerprint density at radius 2 is 1.81 bits per heavy atom. The van der Waals surface area contributed by atoms with Gasteiger partial charge in [0.15, 0.2) is 11.9 Å². The molecule has 0 saturated heterocycles. The van der Waals surface area contributed by atoms with Gasteiger partial charge >= 0.3 is 11.9 Å². The molecule has 2 aliphatic rings. The number of ketones is 1. The van der Waals surface area contributed by atoms with Gasteiger partial charge in [-0.1, -0.05) is 52.8 Å². The first-order valence-electron chi connectivity index (χ1n) is 11.5. The van der Waals surface area contributed by atoms with Gasteiger partial charge in [-0.3, -0.25) is 9.59 Å². The quantitative estimate of drug-likeness (QED) is 0.315. The van der Waals surface area contributed by atoms with Crippen LogP contribution in [0.15, 0.2) is 35.5 Å². The molecule has 0 aliphatic heterocycles. The fourth-order valence-electron chi connectivity index (χ4n) is 4.71. The van der Waals surface area contributed by atoms with Crippen LogP contribution in [0, 0.1) is 29.6 Å². The lowest BCUT2D eigenvalue weighted by molar-refractivity contribution is -0.160. The number of esters is 2. The Labute approximate surface area is 186 Å². The molecule has 0 spiro atoms. The van der Waals surface area contributed by atoms with Crippen LogP contribution in [-0.2, 0) is 23.9 Å². The molecule has 0 N–H and O–H groups in total. The third-order valence-corrected chi connectivity index (χ3v) is 7.01. The normalized spacial score (nSPS) is 31.0. The summed E-state index contributed by atoms with van der Waals surface area (Å²) in [5.41, 5.74) is 2.32. The molecule has 0 aromatic heterocycles. The lowest BCUT2D eigenvalue weighted by atomic mass is 9.65. The Bertz CT molecular complexity index is 788. The molecule has 0 amide bonds. The van der Waals surface area contributed by atoms with Crippen molar-refractivity contribution in [1.82, 2.24) is 0 Å². The molecule has 0 bridgehead atoms. The zero-order valence-electron chi connectivity index (χ0n) is 20.1. The number of ether oxygens (including phenoxy) is 2. The molecule has 5 nitrogen and oxygen atoms in total. The summed E-state index contributed by atoms with van der Waals surface area (Å²) in [6, 6.07) is 0. The molecule has 2 saturated carbocycles. The van der Waals surface area contributed by atoms with E-state index >= 15 is 0 Å². The molecule has 31 heavy (non-hydrogen) atoms. The van der Waals surface area contributed by atoms with Crippen LogP contribution in [0.5, 0.6) is 0 Å². The number of hydrogen-bond donors (Lipinski definition) is 0. The molecule has 2 rings (SSSR count). The number of fused-ring (bicyclic) bond motifs is 1. The van der Waals surface area contributed by atoms with Gasteiger partial charge in [0.2, 0.25) is 0 Å². The average Bonchev–Trinajstić information content (AvgIpc) is 3.00. The van der Waals surface area contributed by atoms with E-state index in [0.717, 1.165) is 12.0 Å². The van der Waals surface area contributed by atoms with Gasteiger partial charge in [0, 0.05) is 17.9 Å². The largest absolute Gasteiger partial charge is 0.455 e. The van der Waals surface area contributed by atoms with E-state index in [9.17, 15) is 14.4 Å². The Hall–Kier alpha value is -2.17. The number of rotatable bonds is 7. The number of allylic oxidation sites excluding steroid dienone is 2. The molecule has 0 radical (unpaired) electrons. The molecule has 5 heteroatoms. The fraction of sp³-hybridized carbons (Fsp3) is 0.654. The lowest BCUT2D eigenvalue weighted by Gasteiger charge is -2.42. The highest BCUT2D eigenvalue weighted by molar-refractivity contribution is 6.03. The van der Waals surface area contributed by atoms with Gasteiger partial charge in [-0.15, -0.1) is 0 Å². The fourth-order valence-corrected chi connectivity index (χ4v) is 4.71. The van der Waals surface area contributed by atoms with Crippen LogP contribution in [-0.4, -0.2) is 29.9 Å². The van der Waals surface area contributed by atoms with Gasteiger partial charge in [0.05, 0.1) is 5.92 Å². The zero-order chi connectivity index (χ0) is 23.5. The van der Waals surface area contributed by atoms with Gasteiger partial charge in [-0.25, -0.2) is 4.79 Å². The zero-order valence-corrected chi connectivity index (χ0v) is 20.1. The highest BCUT2D eigenvalue weighted by Gasteiger charge is 2.57. The van der Waals surface area contributed by atoms with E-state index in [0.29, 0.717) is 24.0 Å². The van der Waals surface area contributed by atoms with E-state index in [1.165, 1.54) is 6.08 Å². The minimum atomic E-state index is -0.902. The van der Waals surface area contributed by atoms with E-state index in [-0.39, 0.29) is 41.3 Å². The van der Waals surface area contributed by atoms with Crippen molar-refractivity contribution in [3.05, 3.63) is 35.5 Å². The van der Waals surface area contributed by atoms with Crippen molar-refractivity contribution >= 4 is 17.7 Å². The summed E-state index contributed by atoms with van der Waals surface area (Å²) in [6.07, 6.45) is 3.98. The first-order chi connectivity index (χ1) is 14.6. The minimum Gasteiger partial charge on any atom is -0.455 e. The van der Waals surface area contributed by atoms with Crippen LogP contribution in [0.2, 0.25) is 0 Å². The van der Waals surface area contributed by atoms with Gasteiger partial charge in [-0.05, 0) is 56.1 Å². The van der Waals surface area contributed by atoms with Gasteiger partial charge in [-0.2, -0.15) is 0 Å². The second kappa shape index (κ2) is 10.4. The summed E-state index contributed by atoms with van der Waals surface area (Å²) >= 11 is 0. The molecular formula is C26H38O5. The van der Waals surface area contributed by atoms with E-state index in [1.54, 1.807) is 6.92 Å². The third-order valence-electron chi connectivity index (χ3n) is 7.01. The number of hydrogen-bond acceptors (Lipinski definition) is 5. The van der Waals surface area contributed by atoms with Crippen LogP contribution in [0.25, 0.3) is 0 Å². The molecule has 0 aromatic carbocycles. The van der Waals surface area contributed by atoms with Gasteiger partial charge in [0.1, 0.15) is 6.10 Å². The van der Waals surface area contributed by atoms with Crippen molar-refractivity contribution in [3.63, 3.8) is 0 Å². The second-order valence-corrected chi connectivity index (χ2v) is 9.31. The predicted octanol–water partition coefficient (Wildman–Crippen LogP) is 5.21. The van der Waals surface area contributed by atoms with E-state index in [2.05, 4.69) is 20.4 Å². The molecule has 172 valence electrons. The Morgan fingerprint density at radius 1 is 1.16 bits per heavy atom. The summed E-state index contributed by atoms with van der Waals surface area (Å²) in [5.74, 6) is -1.26. The van der Waals surface area contributed by atoms with Gasteiger partial charge in [0.25, 0.3) is 0 Å². The van der Waals surface area contributed by atoms with E-state index in [4.69, 9.17) is 9.47 Å². The maximum absolute atomic E-state index is 13.3. The first-order valence-corrected chi connectivity index (χ1v) is 11.5. The van der Waals surface area contributed by atoms with Crippen molar-refractivity contribution in [2.45, 2.75) is 79.9 Å². The Morgan fingerprint density at radius 3 is 2.32 bits per heavy atom. The number of Topliss-reactive ketones (excluding diaryl/α,β-unsaturated/α-hetero) is 1. The van der Waals surface area contributed by atoms with Crippen LogP contribution < -0.4 is 0 Å². The van der Waals surface area contributed by atoms with E-state index < -0.39 is 18.2 Å². The summed E-state index contributed by atoms with van der Waals surface area (Å²) in [4.78, 5) is 38.3. The predicted molar refractivity (Wildman–Crippen MR) is 121 cm³/mol. The van der Waals surface area contributed by atoms with Crippen molar-refractivity contribution in [1.29, 1.82) is 0 Å². The summed E-state index contributed by atoms with van der Waals surface area (Å²) in [5, 5.41) is 0. The van der Waals surface area contributed by atoms with Crippen LogP contribution in [0.3, 0.4) is 0 Å². The highest BCUT2D eigenvalue weighted by atomic mass is 16.6. The highest BCUT2D eigenvalue weighted by Crippen LogP contribution is 2.53. The topological polar surface area (TPSA) is 69.7 Å². The SMILES string of the molecule is C=C1[C@H]2[C@@H](/C(=C\C)C(=O)[C@H]2OC(=O)[C@H](C)CC)[C@H](C(C)C)C[C@H]1OC(=O)/C=C(\C)CC. The Kier molecular flexibility index (Phi) is 8.44. The molecule has 2 aliphatic carbocycles. The van der Waals surface area contributed by atoms with Crippen molar-refractivity contribution in [2.75, 3.05) is 0 Å². The smallest absolute Gasteiger partial charge is 0.331 e. The lowest BCUT2D eigenvalue weighted by Crippen LogP contribution is -2.43. The first kappa shape index (κ1) is 25.1. The molecule has 0 heterocycles. The second-order valence-electron chi connectivity index (χ2n) is 9.31. The third kappa shape index (κ3) is 5.19.